The van der Waals surface area contributed by atoms with Crippen LogP contribution in [-0.2, 0) is 0 Å². The number of unbranched alkanes of at least 4 members (excludes halogenated alkanes) is 2. The molecule has 0 bridgehead atoms. The minimum atomic E-state index is 0.895. The first-order valence-electron chi connectivity index (χ1n) is 5.34. The molecule has 1 aliphatic heterocycles. The molecule has 0 aliphatic carbocycles. The van der Waals surface area contributed by atoms with Gasteiger partial charge in [-0.15, -0.1) is 11.8 Å². The molecular weight excluding hydrogens is 216 g/mol. The first-order valence-corrected chi connectivity index (χ1v) is 8.56. The Hall–Kier alpha value is 1.05. The van der Waals surface area contributed by atoms with Crippen LogP contribution in [0.4, 0.5) is 0 Å². The first-order chi connectivity index (χ1) is 6.36. The Labute approximate surface area is 94.8 Å². The van der Waals surface area contributed by atoms with Gasteiger partial charge in [0.2, 0.25) is 0 Å². The van der Waals surface area contributed by atoms with E-state index in [4.69, 9.17) is 0 Å². The third kappa shape index (κ3) is 4.89. The summed E-state index contributed by atoms with van der Waals surface area (Å²) < 4.78 is 1.79. The molecule has 0 amide bonds. The molecule has 1 fully saturated rings. The van der Waals surface area contributed by atoms with E-state index in [9.17, 15) is 0 Å². The highest BCUT2D eigenvalue weighted by molar-refractivity contribution is 8.82. The summed E-state index contributed by atoms with van der Waals surface area (Å²) in [6.45, 7) is 4.57. The van der Waals surface area contributed by atoms with E-state index in [0.717, 1.165) is 9.16 Å². The third-order valence-electron chi connectivity index (χ3n) is 2.16. The van der Waals surface area contributed by atoms with Gasteiger partial charge in [-0.1, -0.05) is 61.1 Å². The summed E-state index contributed by atoms with van der Waals surface area (Å²) >= 11 is 2.22. The summed E-state index contributed by atoms with van der Waals surface area (Å²) in [7, 11) is 4.24. The van der Waals surface area contributed by atoms with Gasteiger partial charge in [0.1, 0.15) is 0 Å². The molecule has 2 unspecified atom stereocenters. The quantitative estimate of drug-likeness (QED) is 0.586. The van der Waals surface area contributed by atoms with Crippen LogP contribution in [0.15, 0.2) is 0 Å². The first kappa shape index (κ1) is 12.1. The van der Waals surface area contributed by atoms with Crippen molar-refractivity contribution in [1.82, 2.24) is 0 Å². The van der Waals surface area contributed by atoms with Gasteiger partial charge in [0.15, 0.2) is 0 Å². The van der Waals surface area contributed by atoms with Crippen molar-refractivity contribution in [2.24, 2.45) is 0 Å². The van der Waals surface area contributed by atoms with Crippen LogP contribution in [0.3, 0.4) is 0 Å². The molecule has 0 radical (unpaired) electrons. The zero-order chi connectivity index (χ0) is 9.52. The molecule has 13 heavy (non-hydrogen) atoms. The molecule has 0 saturated carbocycles. The third-order valence-corrected chi connectivity index (χ3v) is 7.95. The average Bonchev–Trinajstić information content (AvgIpc) is 2.59. The van der Waals surface area contributed by atoms with Crippen molar-refractivity contribution in [3.05, 3.63) is 0 Å². The van der Waals surface area contributed by atoms with Gasteiger partial charge in [0.05, 0.1) is 9.16 Å². The lowest BCUT2D eigenvalue weighted by atomic mass is 10.3. The Morgan fingerprint density at radius 2 is 1.31 bits per heavy atom. The topological polar surface area (TPSA) is 0 Å². The molecule has 1 heterocycles. The van der Waals surface area contributed by atoms with Crippen LogP contribution in [0.1, 0.15) is 52.4 Å². The summed E-state index contributed by atoms with van der Waals surface area (Å²) in [5.74, 6) is 0. The summed E-state index contributed by atoms with van der Waals surface area (Å²) in [5, 5.41) is 0. The molecule has 0 aromatic rings. The molecule has 1 saturated heterocycles. The highest BCUT2D eigenvalue weighted by Crippen LogP contribution is 2.54. The van der Waals surface area contributed by atoms with E-state index < -0.39 is 0 Å². The lowest BCUT2D eigenvalue weighted by Crippen LogP contribution is -1.95. The second-order valence-corrected chi connectivity index (χ2v) is 8.16. The van der Waals surface area contributed by atoms with Crippen LogP contribution in [0.25, 0.3) is 0 Å². The van der Waals surface area contributed by atoms with E-state index in [1.54, 1.807) is 0 Å². The minimum absolute atomic E-state index is 0.895. The smallest absolute Gasteiger partial charge is 0.0617 e. The fraction of sp³-hybridized carbons (Fsp3) is 1.00. The largest absolute Gasteiger partial charge is 0.131 e. The summed E-state index contributed by atoms with van der Waals surface area (Å²) in [6.07, 6.45) is 8.35. The average molecular weight is 236 g/mol. The van der Waals surface area contributed by atoms with Crippen molar-refractivity contribution in [1.29, 1.82) is 0 Å². The van der Waals surface area contributed by atoms with E-state index in [0.29, 0.717) is 0 Å². The molecule has 1 rings (SSSR count). The van der Waals surface area contributed by atoms with Crippen molar-refractivity contribution in [3.63, 3.8) is 0 Å². The van der Waals surface area contributed by atoms with Crippen LogP contribution in [0.2, 0.25) is 0 Å². The van der Waals surface area contributed by atoms with Crippen LogP contribution >= 0.6 is 33.3 Å². The van der Waals surface area contributed by atoms with Gasteiger partial charge in [-0.2, -0.15) is 0 Å². The highest BCUT2D eigenvalue weighted by atomic mass is 33.1. The molecule has 0 N–H and O–H groups in total. The molecule has 2 atom stereocenters. The van der Waals surface area contributed by atoms with Crippen molar-refractivity contribution >= 4 is 33.3 Å². The van der Waals surface area contributed by atoms with Crippen LogP contribution in [0.5, 0.6) is 0 Å². The molecule has 1 aliphatic rings. The lowest BCUT2D eigenvalue weighted by Gasteiger charge is -2.07. The fourth-order valence-electron chi connectivity index (χ4n) is 1.31. The Balaban J connectivity index is 2.05. The summed E-state index contributed by atoms with van der Waals surface area (Å²) in [6, 6.07) is 0. The molecule has 0 aromatic heterocycles. The number of thioether (sulfide) groups is 1. The van der Waals surface area contributed by atoms with Crippen LogP contribution in [0, 0.1) is 0 Å². The van der Waals surface area contributed by atoms with E-state index in [2.05, 4.69) is 47.2 Å². The van der Waals surface area contributed by atoms with Crippen molar-refractivity contribution < 1.29 is 0 Å². The maximum Gasteiger partial charge on any atom is 0.0617 e. The molecule has 3 heteroatoms. The van der Waals surface area contributed by atoms with Gasteiger partial charge in [-0.3, -0.25) is 0 Å². The molecular formula is C10H20S3. The monoisotopic (exact) mass is 236 g/mol. The maximum absolute atomic E-state index is 2.28. The van der Waals surface area contributed by atoms with E-state index in [-0.39, 0.29) is 0 Å². The van der Waals surface area contributed by atoms with E-state index in [1.165, 1.54) is 38.5 Å². The summed E-state index contributed by atoms with van der Waals surface area (Å²) in [4.78, 5) is 0. The van der Waals surface area contributed by atoms with Crippen molar-refractivity contribution in [3.8, 4) is 0 Å². The van der Waals surface area contributed by atoms with Gasteiger partial charge in [-0.25, -0.2) is 0 Å². The van der Waals surface area contributed by atoms with Gasteiger partial charge >= 0.3 is 0 Å². The Kier molecular flexibility index (Phi) is 6.86. The highest BCUT2D eigenvalue weighted by Gasteiger charge is 2.25. The Morgan fingerprint density at radius 1 is 0.846 bits per heavy atom. The van der Waals surface area contributed by atoms with E-state index in [1.807, 2.05) is 0 Å². The summed E-state index contributed by atoms with van der Waals surface area (Å²) in [5.41, 5.74) is 0. The zero-order valence-electron chi connectivity index (χ0n) is 8.62. The second kappa shape index (κ2) is 7.36. The Bertz CT molecular complexity index is 113. The minimum Gasteiger partial charge on any atom is -0.131 e. The number of hydrogen-bond donors (Lipinski definition) is 0. The Morgan fingerprint density at radius 3 is 1.69 bits per heavy atom. The molecule has 0 spiro atoms. The van der Waals surface area contributed by atoms with Gasteiger partial charge in [0.25, 0.3) is 0 Å². The predicted molar refractivity (Wildman–Crippen MR) is 69.4 cm³/mol. The van der Waals surface area contributed by atoms with Gasteiger partial charge in [0, 0.05) is 0 Å². The number of rotatable bonds is 6. The van der Waals surface area contributed by atoms with Crippen LogP contribution in [-0.4, -0.2) is 9.16 Å². The molecule has 78 valence electrons. The normalized spacial score (nSPS) is 28.2. The molecule has 0 nitrogen and oxygen atoms in total. The van der Waals surface area contributed by atoms with Gasteiger partial charge in [-0.05, 0) is 12.8 Å². The fourth-order valence-corrected chi connectivity index (χ4v) is 7.36. The number of hydrogen-bond acceptors (Lipinski definition) is 3. The molecule has 0 aromatic carbocycles. The second-order valence-electron chi connectivity index (χ2n) is 3.47. The van der Waals surface area contributed by atoms with E-state index >= 15 is 0 Å². The van der Waals surface area contributed by atoms with Gasteiger partial charge < -0.3 is 0 Å². The standard InChI is InChI=1S/C10H20S3/c1-3-5-7-9-11-10(13-12-9)8-6-4-2/h9-10H,3-8H2,1-2H3. The SMILES string of the molecule is CCCCC1SSC(CCCC)S1. The zero-order valence-corrected chi connectivity index (χ0v) is 11.1. The maximum atomic E-state index is 2.28. The predicted octanol–water partition coefficient (Wildman–Crippen LogP) is 5.15. The van der Waals surface area contributed by atoms with Crippen molar-refractivity contribution in [2.75, 3.05) is 0 Å². The van der Waals surface area contributed by atoms with Crippen LogP contribution < -0.4 is 0 Å². The van der Waals surface area contributed by atoms with Crippen molar-refractivity contribution in [2.45, 2.75) is 61.5 Å². The lowest BCUT2D eigenvalue weighted by molar-refractivity contribution is 0.754.